The van der Waals surface area contributed by atoms with E-state index >= 15 is 0 Å². The Hall–Kier alpha value is -2.09. The number of likely N-dealkylation sites (tertiary alicyclic amines) is 2. The number of carbonyl (C=O) groups excluding carboxylic acids is 2. The maximum absolute atomic E-state index is 13.1. The lowest BCUT2D eigenvalue weighted by molar-refractivity contribution is -0.183. The summed E-state index contributed by atoms with van der Waals surface area (Å²) in [6.07, 6.45) is -2.33. The molecule has 5 nitrogen and oxygen atoms in total. The summed E-state index contributed by atoms with van der Waals surface area (Å²) in [7, 11) is 0. The van der Waals surface area contributed by atoms with Gasteiger partial charge in [-0.2, -0.15) is 13.2 Å². The van der Waals surface area contributed by atoms with Crippen LogP contribution in [0.15, 0.2) is 24.3 Å². The maximum Gasteiger partial charge on any atom is 0.408 e. The highest BCUT2D eigenvalue weighted by Gasteiger charge is 2.47. The Morgan fingerprint density at radius 3 is 2.52 bits per heavy atom. The van der Waals surface area contributed by atoms with E-state index in [1.807, 2.05) is 30.0 Å². The third kappa shape index (κ3) is 5.72. The topological polar surface area (TPSA) is 52.7 Å². The van der Waals surface area contributed by atoms with Gasteiger partial charge in [0, 0.05) is 18.7 Å². The van der Waals surface area contributed by atoms with Crippen LogP contribution in [-0.4, -0.2) is 66.6 Å². The van der Waals surface area contributed by atoms with E-state index in [2.05, 4.69) is 5.32 Å². The molecule has 0 aliphatic carbocycles. The molecule has 2 saturated heterocycles. The highest BCUT2D eigenvalue weighted by Crippen LogP contribution is 2.32. The number of aryl methyl sites for hydroxylation is 1. The number of alkyl halides is 3. The molecule has 29 heavy (non-hydrogen) atoms. The van der Waals surface area contributed by atoms with Crippen molar-refractivity contribution in [2.75, 3.05) is 32.7 Å². The second-order valence-corrected chi connectivity index (χ2v) is 8.09. The van der Waals surface area contributed by atoms with Crippen molar-refractivity contribution in [1.29, 1.82) is 0 Å². The molecule has 1 aromatic carbocycles. The second kappa shape index (κ2) is 9.15. The van der Waals surface area contributed by atoms with Gasteiger partial charge in [-0.25, -0.2) is 0 Å². The number of amides is 2. The average molecular weight is 411 g/mol. The Balaban J connectivity index is 1.41. The summed E-state index contributed by atoms with van der Waals surface area (Å²) < 4.78 is 39.2. The molecule has 0 spiro atoms. The minimum atomic E-state index is -4.35. The van der Waals surface area contributed by atoms with Gasteiger partial charge in [-0.3, -0.25) is 14.5 Å². The number of rotatable bonds is 5. The van der Waals surface area contributed by atoms with E-state index in [9.17, 15) is 22.8 Å². The van der Waals surface area contributed by atoms with E-state index in [4.69, 9.17) is 0 Å². The summed E-state index contributed by atoms with van der Waals surface area (Å²) in [5, 5.41) is 2.96. The molecular weight excluding hydrogens is 383 g/mol. The van der Waals surface area contributed by atoms with E-state index in [0.29, 0.717) is 37.5 Å². The number of nitrogens with one attached hydrogen (secondary N) is 1. The Kier molecular flexibility index (Phi) is 6.82. The van der Waals surface area contributed by atoms with Crippen molar-refractivity contribution < 1.29 is 22.8 Å². The summed E-state index contributed by atoms with van der Waals surface area (Å²) in [6, 6.07) is 5.78. The summed E-state index contributed by atoms with van der Waals surface area (Å²) in [4.78, 5) is 27.5. The van der Waals surface area contributed by atoms with Crippen LogP contribution < -0.4 is 5.32 Å². The van der Waals surface area contributed by atoms with Crippen LogP contribution in [0, 0.1) is 12.8 Å². The summed E-state index contributed by atoms with van der Waals surface area (Å²) in [5.74, 6) is -0.223. The van der Waals surface area contributed by atoms with E-state index in [1.54, 1.807) is 6.07 Å². The van der Waals surface area contributed by atoms with E-state index in [1.165, 1.54) is 0 Å². The SMILES string of the molecule is Cc1cccc(C(=O)NCC2CCN(CC(=O)N3CCC[C@H]3C(F)(F)F)CC2)c1. The first-order valence-electron chi connectivity index (χ1n) is 10.2. The molecule has 2 aliphatic heterocycles. The monoisotopic (exact) mass is 411 g/mol. The Morgan fingerprint density at radius 2 is 1.86 bits per heavy atom. The maximum atomic E-state index is 13.1. The highest BCUT2D eigenvalue weighted by molar-refractivity contribution is 5.94. The van der Waals surface area contributed by atoms with Gasteiger partial charge in [0.2, 0.25) is 5.91 Å². The third-order valence-corrected chi connectivity index (χ3v) is 5.85. The van der Waals surface area contributed by atoms with Crippen molar-refractivity contribution >= 4 is 11.8 Å². The fourth-order valence-electron chi connectivity index (χ4n) is 4.16. The van der Waals surface area contributed by atoms with Crippen LogP contribution >= 0.6 is 0 Å². The molecule has 3 rings (SSSR count). The lowest BCUT2D eigenvalue weighted by Crippen LogP contribution is -2.49. The molecule has 1 N–H and O–H groups in total. The van der Waals surface area contributed by atoms with Gasteiger partial charge >= 0.3 is 6.18 Å². The summed E-state index contributed by atoms with van der Waals surface area (Å²) in [6.45, 7) is 4.03. The zero-order chi connectivity index (χ0) is 21.0. The zero-order valence-electron chi connectivity index (χ0n) is 16.7. The van der Waals surface area contributed by atoms with E-state index in [0.717, 1.165) is 23.3 Å². The molecule has 0 unspecified atom stereocenters. The van der Waals surface area contributed by atoms with Gasteiger partial charge in [0.15, 0.2) is 0 Å². The number of nitrogens with zero attached hydrogens (tertiary/aromatic N) is 2. The van der Waals surface area contributed by atoms with Crippen molar-refractivity contribution in [3.05, 3.63) is 35.4 Å². The smallest absolute Gasteiger partial charge is 0.352 e. The van der Waals surface area contributed by atoms with Crippen molar-refractivity contribution in [2.24, 2.45) is 5.92 Å². The number of halogens is 3. The average Bonchev–Trinajstić information content (AvgIpc) is 3.18. The van der Waals surface area contributed by atoms with Gasteiger partial charge in [0.1, 0.15) is 6.04 Å². The van der Waals surface area contributed by atoms with Crippen LogP contribution in [0.2, 0.25) is 0 Å². The van der Waals surface area contributed by atoms with Crippen LogP contribution in [-0.2, 0) is 4.79 Å². The Labute approximate surface area is 169 Å². The predicted octanol–water partition coefficient (Wildman–Crippen LogP) is 2.99. The largest absolute Gasteiger partial charge is 0.408 e. The third-order valence-electron chi connectivity index (χ3n) is 5.85. The minimum absolute atomic E-state index is 0.00203. The molecule has 2 aliphatic rings. The molecule has 1 aromatic rings. The van der Waals surface area contributed by atoms with Crippen molar-refractivity contribution in [3.8, 4) is 0 Å². The first-order valence-corrected chi connectivity index (χ1v) is 10.2. The van der Waals surface area contributed by atoms with Gasteiger partial charge in [-0.1, -0.05) is 17.7 Å². The Morgan fingerprint density at radius 1 is 1.14 bits per heavy atom. The van der Waals surface area contributed by atoms with Gasteiger partial charge in [0.25, 0.3) is 5.91 Å². The molecule has 2 amide bonds. The molecule has 160 valence electrons. The molecule has 1 atom stereocenters. The first kappa shape index (κ1) is 21.6. The molecule has 2 heterocycles. The van der Waals surface area contributed by atoms with E-state index < -0.39 is 18.1 Å². The number of benzene rings is 1. The lowest BCUT2D eigenvalue weighted by atomic mass is 9.96. The van der Waals surface area contributed by atoms with Crippen LogP contribution in [0.5, 0.6) is 0 Å². The second-order valence-electron chi connectivity index (χ2n) is 8.09. The lowest BCUT2D eigenvalue weighted by Gasteiger charge is -2.34. The molecule has 0 aromatic heterocycles. The van der Waals surface area contributed by atoms with Crippen LogP contribution in [0.1, 0.15) is 41.6 Å². The molecular formula is C21H28F3N3O2. The van der Waals surface area contributed by atoms with Gasteiger partial charge in [-0.15, -0.1) is 0 Å². The van der Waals surface area contributed by atoms with Crippen LogP contribution in [0.4, 0.5) is 13.2 Å². The predicted molar refractivity (Wildman–Crippen MR) is 103 cm³/mol. The number of carbonyl (C=O) groups is 2. The fraction of sp³-hybridized carbons (Fsp3) is 0.619. The summed E-state index contributed by atoms with van der Waals surface area (Å²) >= 11 is 0. The number of piperidine rings is 1. The molecule has 0 saturated carbocycles. The number of hydrogen-bond donors (Lipinski definition) is 1. The Bertz CT molecular complexity index is 730. The van der Waals surface area contributed by atoms with Crippen molar-refractivity contribution in [2.45, 2.75) is 44.8 Å². The van der Waals surface area contributed by atoms with Crippen LogP contribution in [0.3, 0.4) is 0 Å². The fourth-order valence-corrected chi connectivity index (χ4v) is 4.16. The summed E-state index contributed by atoms with van der Waals surface area (Å²) in [5.41, 5.74) is 1.67. The molecule has 2 fully saturated rings. The van der Waals surface area contributed by atoms with Gasteiger partial charge < -0.3 is 10.2 Å². The number of hydrogen-bond acceptors (Lipinski definition) is 3. The highest BCUT2D eigenvalue weighted by atomic mass is 19.4. The van der Waals surface area contributed by atoms with Crippen LogP contribution in [0.25, 0.3) is 0 Å². The first-order chi connectivity index (χ1) is 13.7. The quantitative estimate of drug-likeness (QED) is 0.811. The minimum Gasteiger partial charge on any atom is -0.352 e. The van der Waals surface area contributed by atoms with Gasteiger partial charge in [0.05, 0.1) is 6.54 Å². The van der Waals surface area contributed by atoms with Gasteiger partial charge in [-0.05, 0) is 63.7 Å². The normalized spacial score (nSPS) is 21.4. The van der Waals surface area contributed by atoms with Crippen molar-refractivity contribution in [3.63, 3.8) is 0 Å². The molecule has 8 heteroatoms. The van der Waals surface area contributed by atoms with E-state index in [-0.39, 0.29) is 25.4 Å². The zero-order valence-corrected chi connectivity index (χ0v) is 16.7. The molecule has 0 radical (unpaired) electrons. The molecule has 0 bridgehead atoms. The standard InChI is InChI=1S/C21H28F3N3O2/c1-15-4-2-5-17(12-15)20(29)25-13-16-7-10-26(11-8-16)14-19(28)27-9-3-6-18(27)21(22,23)24/h2,4-5,12,16,18H,3,6-11,13-14H2,1H3,(H,25,29)/t18-/m0/s1. The van der Waals surface area contributed by atoms with Crippen molar-refractivity contribution in [1.82, 2.24) is 15.1 Å².